The van der Waals surface area contributed by atoms with Gasteiger partial charge in [-0.1, -0.05) is 66.7 Å². The Hall–Kier alpha value is -3.93. The lowest BCUT2D eigenvalue weighted by molar-refractivity contribution is -0.132. The molecule has 1 fully saturated rings. The molecule has 1 saturated heterocycles. The van der Waals surface area contributed by atoms with Crippen molar-refractivity contribution in [2.24, 2.45) is 0 Å². The summed E-state index contributed by atoms with van der Waals surface area (Å²) in [6.07, 6.45) is 4.22. The van der Waals surface area contributed by atoms with Crippen molar-refractivity contribution < 1.29 is 9.59 Å². The van der Waals surface area contributed by atoms with Gasteiger partial charge in [-0.05, 0) is 29.7 Å². The van der Waals surface area contributed by atoms with E-state index in [1.807, 2.05) is 96.5 Å². The zero-order valence-electron chi connectivity index (χ0n) is 17.2. The first-order chi connectivity index (χ1) is 15.0. The fourth-order valence-electron chi connectivity index (χ4n) is 4.21. The van der Waals surface area contributed by atoms with Gasteiger partial charge in [0.25, 0.3) is 5.91 Å². The Balaban J connectivity index is 1.51. The minimum atomic E-state index is -1.14. The Morgan fingerprint density at radius 3 is 2.35 bits per heavy atom. The zero-order valence-corrected chi connectivity index (χ0v) is 17.2. The molecule has 2 aromatic heterocycles. The summed E-state index contributed by atoms with van der Waals surface area (Å²) in [5.41, 5.74) is 3.16. The molecule has 154 valence electrons. The molecule has 6 nitrogen and oxygen atoms in total. The predicted molar refractivity (Wildman–Crippen MR) is 117 cm³/mol. The van der Waals surface area contributed by atoms with Crippen LogP contribution >= 0.6 is 0 Å². The standard InChI is InChI=1S/C25H22N4O2/c1-18-12-13-22-26-21(16-28(22)15-18)17-29-23(30)25(27-24(29)31,20-10-6-3-7-11-20)14-19-8-4-2-5-9-19/h2-13,15-16H,14,17H2,1H3,(H,27,31)/t25-/m1/s1. The van der Waals surface area contributed by atoms with Gasteiger partial charge in [0.1, 0.15) is 5.65 Å². The van der Waals surface area contributed by atoms with Gasteiger partial charge in [0.15, 0.2) is 5.54 Å². The second-order valence-corrected chi connectivity index (χ2v) is 7.96. The van der Waals surface area contributed by atoms with Gasteiger partial charge < -0.3 is 9.72 Å². The van der Waals surface area contributed by atoms with Crippen LogP contribution in [-0.2, 0) is 23.3 Å². The fourth-order valence-corrected chi connectivity index (χ4v) is 4.21. The monoisotopic (exact) mass is 410 g/mol. The third kappa shape index (κ3) is 3.36. The van der Waals surface area contributed by atoms with E-state index in [9.17, 15) is 9.59 Å². The number of nitrogens with zero attached hydrogens (tertiary/aromatic N) is 3. The van der Waals surface area contributed by atoms with E-state index in [0.717, 1.165) is 22.3 Å². The summed E-state index contributed by atoms with van der Waals surface area (Å²) in [5, 5.41) is 3.00. The number of hydrogen-bond acceptors (Lipinski definition) is 3. The zero-order chi connectivity index (χ0) is 21.4. The normalized spacial score (nSPS) is 18.5. The van der Waals surface area contributed by atoms with E-state index in [2.05, 4.69) is 10.3 Å². The van der Waals surface area contributed by atoms with Crippen molar-refractivity contribution in [2.75, 3.05) is 0 Å². The van der Waals surface area contributed by atoms with Crippen LogP contribution in [0.25, 0.3) is 5.65 Å². The summed E-state index contributed by atoms with van der Waals surface area (Å²) in [4.78, 5) is 32.6. The van der Waals surface area contributed by atoms with Crippen molar-refractivity contribution in [3.05, 3.63) is 108 Å². The van der Waals surface area contributed by atoms with E-state index >= 15 is 0 Å². The highest BCUT2D eigenvalue weighted by Crippen LogP contribution is 2.33. The number of nitrogens with one attached hydrogen (secondary N) is 1. The number of urea groups is 1. The van der Waals surface area contributed by atoms with Gasteiger partial charge in [-0.2, -0.15) is 0 Å². The van der Waals surface area contributed by atoms with Crippen LogP contribution in [0.1, 0.15) is 22.4 Å². The lowest BCUT2D eigenvalue weighted by Gasteiger charge is -2.27. The molecule has 1 atom stereocenters. The highest BCUT2D eigenvalue weighted by molar-refractivity contribution is 6.07. The number of carbonyl (C=O) groups excluding carboxylic acids is 2. The van der Waals surface area contributed by atoms with Crippen molar-refractivity contribution in [3.8, 4) is 0 Å². The van der Waals surface area contributed by atoms with Crippen molar-refractivity contribution >= 4 is 17.6 Å². The summed E-state index contributed by atoms with van der Waals surface area (Å²) in [5.74, 6) is -0.263. The first-order valence-electron chi connectivity index (χ1n) is 10.2. The van der Waals surface area contributed by atoms with Crippen molar-refractivity contribution in [2.45, 2.75) is 25.4 Å². The second-order valence-electron chi connectivity index (χ2n) is 7.96. The lowest BCUT2D eigenvalue weighted by Crippen LogP contribution is -2.46. The van der Waals surface area contributed by atoms with Gasteiger partial charge in [0.05, 0.1) is 12.2 Å². The molecule has 1 aliphatic rings. The number of rotatable bonds is 5. The average Bonchev–Trinajstić information content (AvgIpc) is 3.29. The predicted octanol–water partition coefficient (Wildman–Crippen LogP) is 3.83. The molecule has 0 spiro atoms. The van der Waals surface area contributed by atoms with E-state index in [4.69, 9.17) is 0 Å². The molecule has 0 saturated carbocycles. The van der Waals surface area contributed by atoms with E-state index in [-0.39, 0.29) is 12.5 Å². The number of carbonyl (C=O) groups is 2. The Bertz CT molecular complexity index is 1270. The van der Waals surface area contributed by atoms with Crippen LogP contribution in [0.3, 0.4) is 0 Å². The van der Waals surface area contributed by atoms with Crippen LogP contribution < -0.4 is 5.32 Å². The Morgan fingerprint density at radius 2 is 1.61 bits per heavy atom. The number of imide groups is 1. The maximum atomic E-state index is 13.7. The first-order valence-corrected chi connectivity index (χ1v) is 10.2. The summed E-state index contributed by atoms with van der Waals surface area (Å²) >= 11 is 0. The molecule has 1 aliphatic heterocycles. The van der Waals surface area contributed by atoms with E-state index in [0.29, 0.717) is 12.1 Å². The number of hydrogen-bond donors (Lipinski definition) is 1. The van der Waals surface area contributed by atoms with Crippen molar-refractivity contribution in [1.29, 1.82) is 0 Å². The number of aryl methyl sites for hydroxylation is 1. The Labute approximate surface area is 180 Å². The maximum Gasteiger partial charge on any atom is 0.325 e. The van der Waals surface area contributed by atoms with E-state index < -0.39 is 11.6 Å². The van der Waals surface area contributed by atoms with Gasteiger partial charge >= 0.3 is 6.03 Å². The largest absolute Gasteiger partial charge is 0.325 e. The van der Waals surface area contributed by atoms with Crippen LogP contribution in [-0.4, -0.2) is 26.2 Å². The topological polar surface area (TPSA) is 66.7 Å². The number of imidazole rings is 1. The molecule has 0 aliphatic carbocycles. The summed E-state index contributed by atoms with van der Waals surface area (Å²) in [6, 6.07) is 22.7. The highest BCUT2D eigenvalue weighted by atomic mass is 16.2. The smallest absolute Gasteiger partial charge is 0.319 e. The third-order valence-electron chi connectivity index (χ3n) is 5.72. The van der Waals surface area contributed by atoms with Gasteiger partial charge in [-0.15, -0.1) is 0 Å². The summed E-state index contributed by atoms with van der Waals surface area (Å²) in [7, 11) is 0. The van der Waals surface area contributed by atoms with Crippen LogP contribution in [0.4, 0.5) is 4.79 Å². The molecular formula is C25H22N4O2. The minimum Gasteiger partial charge on any atom is -0.319 e. The molecule has 0 radical (unpaired) electrons. The SMILES string of the molecule is Cc1ccc2nc(CN3C(=O)N[C@](Cc4ccccc4)(c4ccccc4)C3=O)cn2c1. The quantitative estimate of drug-likeness (QED) is 0.509. The van der Waals surface area contributed by atoms with Gasteiger partial charge in [-0.25, -0.2) is 9.78 Å². The molecule has 0 unspecified atom stereocenters. The molecule has 2 aromatic carbocycles. The maximum absolute atomic E-state index is 13.7. The van der Waals surface area contributed by atoms with E-state index in [1.54, 1.807) is 0 Å². The first kappa shape index (κ1) is 19.1. The number of benzene rings is 2. The van der Waals surface area contributed by atoms with Gasteiger partial charge in [-0.3, -0.25) is 9.69 Å². The minimum absolute atomic E-state index is 0.120. The lowest BCUT2D eigenvalue weighted by atomic mass is 9.83. The third-order valence-corrected chi connectivity index (χ3v) is 5.72. The number of aromatic nitrogens is 2. The van der Waals surface area contributed by atoms with Crippen LogP contribution in [0.15, 0.2) is 85.2 Å². The highest BCUT2D eigenvalue weighted by Gasteiger charge is 2.52. The van der Waals surface area contributed by atoms with Crippen LogP contribution in [0.2, 0.25) is 0 Å². The second kappa shape index (κ2) is 7.40. The number of fused-ring (bicyclic) bond motifs is 1. The van der Waals surface area contributed by atoms with Crippen molar-refractivity contribution in [1.82, 2.24) is 19.6 Å². The fraction of sp³-hybridized carbons (Fsp3) is 0.160. The number of pyridine rings is 1. The summed E-state index contributed by atoms with van der Waals surface area (Å²) < 4.78 is 1.91. The molecule has 3 amide bonds. The molecule has 6 heteroatoms. The van der Waals surface area contributed by atoms with Crippen molar-refractivity contribution in [3.63, 3.8) is 0 Å². The Morgan fingerprint density at radius 1 is 0.903 bits per heavy atom. The van der Waals surface area contributed by atoms with Gasteiger partial charge in [0, 0.05) is 18.8 Å². The number of amides is 3. The van der Waals surface area contributed by atoms with E-state index in [1.165, 1.54) is 4.90 Å². The van der Waals surface area contributed by atoms with Crippen LogP contribution in [0, 0.1) is 6.92 Å². The molecular weight excluding hydrogens is 388 g/mol. The average molecular weight is 410 g/mol. The Kier molecular flexibility index (Phi) is 4.55. The molecule has 31 heavy (non-hydrogen) atoms. The van der Waals surface area contributed by atoms with Gasteiger partial charge in [0.2, 0.25) is 0 Å². The molecule has 3 heterocycles. The molecule has 0 bridgehead atoms. The summed E-state index contributed by atoms with van der Waals surface area (Å²) in [6.45, 7) is 2.13. The molecule has 5 rings (SSSR count). The molecule has 4 aromatic rings. The van der Waals surface area contributed by atoms with Crippen LogP contribution in [0.5, 0.6) is 0 Å². The molecule has 1 N–H and O–H groups in total.